The zero-order chi connectivity index (χ0) is 21.6. The third-order valence-electron chi connectivity index (χ3n) is 5.73. The minimum absolute atomic E-state index is 0.127. The van der Waals surface area contributed by atoms with Gasteiger partial charge in [0.1, 0.15) is 5.82 Å². The number of aromatic nitrogens is 1. The van der Waals surface area contributed by atoms with Crippen molar-refractivity contribution in [1.82, 2.24) is 15.2 Å². The second kappa shape index (κ2) is 9.52. The van der Waals surface area contributed by atoms with Gasteiger partial charge in [-0.15, -0.1) is 0 Å². The molecule has 1 aromatic heterocycles. The van der Waals surface area contributed by atoms with Crippen molar-refractivity contribution in [1.29, 1.82) is 0 Å². The average Bonchev–Trinajstić information content (AvgIpc) is 2.97. The van der Waals surface area contributed by atoms with E-state index in [0.29, 0.717) is 32.5 Å². The number of aryl methyl sites for hydroxylation is 1. The van der Waals surface area contributed by atoms with Crippen molar-refractivity contribution in [3.05, 3.63) is 58.8 Å². The van der Waals surface area contributed by atoms with E-state index in [0.717, 1.165) is 42.0 Å². The summed E-state index contributed by atoms with van der Waals surface area (Å²) >= 11 is 0. The molecule has 2 amide bonds. The summed E-state index contributed by atoms with van der Waals surface area (Å²) in [4.78, 5) is 30.1. The van der Waals surface area contributed by atoms with E-state index in [9.17, 15) is 9.59 Å². The maximum atomic E-state index is 12.8. The van der Waals surface area contributed by atoms with Crippen LogP contribution in [0.1, 0.15) is 41.1 Å². The van der Waals surface area contributed by atoms with Gasteiger partial charge >= 0.3 is 12.0 Å². The zero-order valence-electron chi connectivity index (χ0n) is 17.4. The van der Waals surface area contributed by atoms with Crippen molar-refractivity contribution in [3.8, 4) is 11.8 Å². The standard InChI is InChI=1S/C24H26N4O3/c29-22(30)10-8-17-12-15-28(16-19-4-1-2-6-21(17)19)24(31)26-14-11-20-9-7-18-5-3-13-25-23(18)27-20/h1-2,4,6-7,9,17H,3,5,11-16H2,(H,25,27)(H,26,31)(H,29,30). The molecule has 1 aromatic carbocycles. The number of nitrogens with one attached hydrogen (secondary N) is 2. The smallest absolute Gasteiger partial charge is 0.381 e. The van der Waals surface area contributed by atoms with Crippen LogP contribution in [0, 0.1) is 11.8 Å². The van der Waals surface area contributed by atoms with Gasteiger partial charge in [0.2, 0.25) is 0 Å². The zero-order valence-corrected chi connectivity index (χ0v) is 17.4. The number of carbonyl (C=O) groups is 2. The van der Waals surface area contributed by atoms with Crippen molar-refractivity contribution in [2.24, 2.45) is 0 Å². The van der Waals surface area contributed by atoms with Gasteiger partial charge < -0.3 is 20.6 Å². The Morgan fingerprint density at radius 2 is 2.10 bits per heavy atom. The van der Waals surface area contributed by atoms with Gasteiger partial charge in [-0.1, -0.05) is 36.3 Å². The van der Waals surface area contributed by atoms with Crippen molar-refractivity contribution < 1.29 is 14.7 Å². The van der Waals surface area contributed by atoms with Gasteiger partial charge in [-0.05, 0) is 42.0 Å². The van der Waals surface area contributed by atoms with E-state index in [1.165, 1.54) is 5.56 Å². The Morgan fingerprint density at radius 3 is 2.97 bits per heavy atom. The molecule has 2 aliphatic heterocycles. The van der Waals surface area contributed by atoms with Gasteiger partial charge in [0, 0.05) is 50.1 Å². The number of nitrogens with zero attached hydrogens (tertiary/aromatic N) is 2. The molecule has 1 unspecified atom stereocenters. The second-order valence-electron chi connectivity index (χ2n) is 7.86. The van der Waals surface area contributed by atoms with Crippen LogP contribution < -0.4 is 10.6 Å². The lowest BCUT2D eigenvalue weighted by atomic mass is 9.93. The first-order valence-corrected chi connectivity index (χ1v) is 10.7. The molecule has 160 valence electrons. The average molecular weight is 418 g/mol. The summed E-state index contributed by atoms with van der Waals surface area (Å²) in [7, 11) is 0. The number of rotatable bonds is 3. The summed E-state index contributed by atoms with van der Waals surface area (Å²) in [5, 5.41) is 15.2. The van der Waals surface area contributed by atoms with Crippen molar-refractivity contribution in [2.45, 2.75) is 38.1 Å². The number of carbonyl (C=O) groups excluding carboxylic acids is 1. The Bertz CT molecular complexity index is 1040. The molecule has 0 radical (unpaired) electrons. The Morgan fingerprint density at radius 1 is 1.23 bits per heavy atom. The quantitative estimate of drug-likeness (QED) is 0.667. The van der Waals surface area contributed by atoms with Gasteiger partial charge in [0.05, 0.1) is 0 Å². The molecular weight excluding hydrogens is 392 g/mol. The van der Waals surface area contributed by atoms with Crippen LogP contribution in [-0.2, 0) is 24.2 Å². The largest absolute Gasteiger partial charge is 0.472 e. The second-order valence-corrected chi connectivity index (χ2v) is 7.86. The number of aliphatic carboxylic acids is 1. The lowest BCUT2D eigenvalue weighted by Crippen LogP contribution is -2.40. The fraction of sp³-hybridized carbons (Fsp3) is 0.375. The molecule has 3 N–H and O–H groups in total. The van der Waals surface area contributed by atoms with E-state index < -0.39 is 5.97 Å². The van der Waals surface area contributed by atoms with Crippen LogP contribution in [0.15, 0.2) is 36.4 Å². The minimum Gasteiger partial charge on any atom is -0.472 e. The number of hydrogen-bond acceptors (Lipinski definition) is 4. The first-order valence-electron chi connectivity index (χ1n) is 10.7. The van der Waals surface area contributed by atoms with Crippen LogP contribution >= 0.6 is 0 Å². The van der Waals surface area contributed by atoms with Crippen LogP contribution in [0.3, 0.4) is 0 Å². The maximum Gasteiger partial charge on any atom is 0.381 e. The highest BCUT2D eigenvalue weighted by atomic mass is 16.4. The third kappa shape index (κ3) is 5.15. The molecule has 1 atom stereocenters. The molecule has 2 aliphatic rings. The number of benzene rings is 1. The number of pyridine rings is 1. The van der Waals surface area contributed by atoms with Crippen LogP contribution in [0.5, 0.6) is 0 Å². The fourth-order valence-corrected chi connectivity index (χ4v) is 4.13. The molecule has 4 rings (SSSR count). The first-order chi connectivity index (χ1) is 15.1. The maximum absolute atomic E-state index is 12.8. The predicted octanol–water partition coefficient (Wildman–Crippen LogP) is 2.77. The summed E-state index contributed by atoms with van der Waals surface area (Å²) in [5.41, 5.74) is 4.21. The molecule has 31 heavy (non-hydrogen) atoms. The van der Waals surface area contributed by atoms with Crippen molar-refractivity contribution in [3.63, 3.8) is 0 Å². The highest BCUT2D eigenvalue weighted by Crippen LogP contribution is 2.28. The SMILES string of the molecule is O=C(O)C#CC1CCN(C(=O)NCCc2ccc3c(n2)NCCC3)Cc2ccccc21. The number of fused-ring (bicyclic) bond motifs is 2. The van der Waals surface area contributed by atoms with E-state index in [4.69, 9.17) is 5.11 Å². The topological polar surface area (TPSA) is 94.6 Å². The van der Waals surface area contributed by atoms with E-state index in [1.807, 2.05) is 30.3 Å². The molecule has 0 saturated heterocycles. The number of urea groups is 1. The number of carboxylic acids is 1. The van der Waals surface area contributed by atoms with Gasteiger partial charge in [-0.25, -0.2) is 14.6 Å². The number of anilines is 1. The Labute approximate surface area is 181 Å². The van der Waals surface area contributed by atoms with Crippen LogP contribution in [-0.4, -0.2) is 46.6 Å². The summed E-state index contributed by atoms with van der Waals surface area (Å²) in [5.74, 6) is 4.71. The van der Waals surface area contributed by atoms with E-state index in [-0.39, 0.29) is 11.9 Å². The van der Waals surface area contributed by atoms with Gasteiger partial charge in [0.15, 0.2) is 0 Å². The van der Waals surface area contributed by atoms with Crippen LogP contribution in [0.25, 0.3) is 0 Å². The molecule has 2 aromatic rings. The lowest BCUT2D eigenvalue weighted by Gasteiger charge is -2.21. The molecule has 7 heteroatoms. The number of hydrogen-bond donors (Lipinski definition) is 3. The first kappa shape index (κ1) is 20.7. The van der Waals surface area contributed by atoms with Gasteiger partial charge in [-0.2, -0.15) is 0 Å². The van der Waals surface area contributed by atoms with E-state index in [2.05, 4.69) is 33.5 Å². The normalized spacial score (nSPS) is 17.2. The number of carboxylic acid groups (broad SMARTS) is 1. The lowest BCUT2D eigenvalue weighted by molar-refractivity contribution is -0.130. The van der Waals surface area contributed by atoms with Crippen LogP contribution in [0.4, 0.5) is 10.6 Å². The fourth-order valence-electron chi connectivity index (χ4n) is 4.13. The number of amides is 2. The predicted molar refractivity (Wildman–Crippen MR) is 118 cm³/mol. The molecule has 0 fully saturated rings. The van der Waals surface area contributed by atoms with Gasteiger partial charge in [-0.3, -0.25) is 0 Å². The molecule has 0 aliphatic carbocycles. The Kier molecular flexibility index (Phi) is 6.37. The molecule has 0 spiro atoms. The summed E-state index contributed by atoms with van der Waals surface area (Å²) < 4.78 is 0. The summed E-state index contributed by atoms with van der Waals surface area (Å²) in [6.07, 6.45) is 3.45. The van der Waals surface area contributed by atoms with Crippen molar-refractivity contribution >= 4 is 17.8 Å². The van der Waals surface area contributed by atoms with Gasteiger partial charge in [0.25, 0.3) is 0 Å². The molecular formula is C24H26N4O3. The third-order valence-corrected chi connectivity index (χ3v) is 5.73. The molecule has 7 nitrogen and oxygen atoms in total. The van der Waals surface area contributed by atoms with Crippen molar-refractivity contribution in [2.75, 3.05) is 25.0 Å². The molecule has 3 heterocycles. The minimum atomic E-state index is -1.14. The Balaban J connectivity index is 1.37. The van der Waals surface area contributed by atoms with Crippen LogP contribution in [0.2, 0.25) is 0 Å². The van der Waals surface area contributed by atoms with E-state index in [1.54, 1.807) is 4.90 Å². The highest BCUT2D eigenvalue weighted by Gasteiger charge is 2.24. The Hall–Kier alpha value is -3.53. The highest BCUT2D eigenvalue weighted by molar-refractivity contribution is 5.86. The summed E-state index contributed by atoms with van der Waals surface area (Å²) in [6.45, 7) is 2.45. The molecule has 0 bridgehead atoms. The molecule has 0 saturated carbocycles. The summed E-state index contributed by atoms with van der Waals surface area (Å²) in [6, 6.07) is 11.8. The monoisotopic (exact) mass is 418 g/mol. The van der Waals surface area contributed by atoms with E-state index >= 15 is 0 Å².